The molecule has 0 amide bonds. The minimum Gasteiger partial charge on any atom is -0.478 e. The molecule has 4 heteroatoms. The number of aliphatic carboxylic acids is 1. The maximum Gasteiger partial charge on any atom is 0.333 e. The van der Waals surface area contributed by atoms with Crippen LogP contribution in [0.2, 0.25) is 0 Å². The van der Waals surface area contributed by atoms with Gasteiger partial charge in [0.05, 0.1) is 5.57 Å². The Morgan fingerprint density at radius 1 is 1.22 bits per heavy atom. The highest BCUT2D eigenvalue weighted by atomic mass is 16.4. The standard InChI is InChI=1S/C14H17NO3/c1-9(16)8-12(11-6-4-3-5-7-11)13(10(2)15)14(17)18/h3-7,12H,8,15H2,1-2H3,(H,17,18)/b13-10+. The molecule has 0 aromatic heterocycles. The van der Waals surface area contributed by atoms with E-state index >= 15 is 0 Å². The Hall–Kier alpha value is -2.10. The monoisotopic (exact) mass is 247 g/mol. The molecule has 0 fully saturated rings. The van der Waals surface area contributed by atoms with E-state index in [1.54, 1.807) is 19.1 Å². The molecule has 0 aliphatic rings. The molecule has 0 aliphatic carbocycles. The Balaban J connectivity index is 3.25. The number of nitrogens with two attached hydrogens (primary N) is 1. The van der Waals surface area contributed by atoms with Crippen LogP contribution in [0, 0.1) is 0 Å². The molecule has 18 heavy (non-hydrogen) atoms. The highest BCUT2D eigenvalue weighted by Gasteiger charge is 2.25. The summed E-state index contributed by atoms with van der Waals surface area (Å²) in [5, 5.41) is 9.24. The van der Waals surface area contributed by atoms with Crippen molar-refractivity contribution in [1.29, 1.82) is 0 Å². The van der Waals surface area contributed by atoms with Gasteiger partial charge in [-0.25, -0.2) is 4.79 Å². The minimum absolute atomic E-state index is 0.0659. The molecule has 0 spiro atoms. The SMILES string of the molecule is CC(=O)CC(/C(C(=O)O)=C(/C)N)c1ccccc1. The molecule has 1 aromatic rings. The van der Waals surface area contributed by atoms with Gasteiger partial charge in [-0.15, -0.1) is 0 Å². The molecule has 3 N–H and O–H groups in total. The van der Waals surface area contributed by atoms with Gasteiger partial charge < -0.3 is 10.8 Å². The van der Waals surface area contributed by atoms with Gasteiger partial charge in [0.15, 0.2) is 0 Å². The largest absolute Gasteiger partial charge is 0.478 e. The number of carbonyl (C=O) groups is 2. The molecule has 0 bridgehead atoms. The number of carbonyl (C=O) groups excluding carboxylic acids is 1. The summed E-state index contributed by atoms with van der Waals surface area (Å²) < 4.78 is 0. The van der Waals surface area contributed by atoms with Crippen molar-refractivity contribution in [3.05, 3.63) is 47.2 Å². The molecule has 0 radical (unpaired) electrons. The molecular weight excluding hydrogens is 230 g/mol. The van der Waals surface area contributed by atoms with Gasteiger partial charge in [0.2, 0.25) is 0 Å². The van der Waals surface area contributed by atoms with E-state index < -0.39 is 11.9 Å². The summed E-state index contributed by atoms with van der Waals surface area (Å²) in [5.74, 6) is -1.64. The number of hydrogen-bond donors (Lipinski definition) is 2. The van der Waals surface area contributed by atoms with Crippen LogP contribution in [0.15, 0.2) is 41.6 Å². The van der Waals surface area contributed by atoms with Crippen LogP contribution in [-0.4, -0.2) is 16.9 Å². The molecule has 1 rings (SSSR count). The second-order valence-corrected chi connectivity index (χ2v) is 4.27. The van der Waals surface area contributed by atoms with Gasteiger partial charge in [0.25, 0.3) is 0 Å². The molecular formula is C14H17NO3. The van der Waals surface area contributed by atoms with Gasteiger partial charge in [0, 0.05) is 18.0 Å². The zero-order chi connectivity index (χ0) is 13.7. The smallest absolute Gasteiger partial charge is 0.333 e. The van der Waals surface area contributed by atoms with Crippen LogP contribution in [0.5, 0.6) is 0 Å². The van der Waals surface area contributed by atoms with Crippen LogP contribution in [0.3, 0.4) is 0 Å². The zero-order valence-electron chi connectivity index (χ0n) is 10.5. The summed E-state index contributed by atoms with van der Waals surface area (Å²) in [5.41, 5.74) is 6.75. The van der Waals surface area contributed by atoms with Crippen molar-refractivity contribution in [2.45, 2.75) is 26.2 Å². The lowest BCUT2D eigenvalue weighted by Crippen LogP contribution is -2.18. The van der Waals surface area contributed by atoms with E-state index in [1.807, 2.05) is 18.2 Å². The van der Waals surface area contributed by atoms with E-state index in [2.05, 4.69) is 0 Å². The number of Topliss-reactive ketones (excluding diaryl/α,β-unsaturated/α-hetero) is 1. The van der Waals surface area contributed by atoms with Crippen molar-refractivity contribution >= 4 is 11.8 Å². The molecule has 0 aliphatic heterocycles. The van der Waals surface area contributed by atoms with Gasteiger partial charge in [-0.1, -0.05) is 30.3 Å². The van der Waals surface area contributed by atoms with Crippen molar-refractivity contribution in [3.8, 4) is 0 Å². The van der Waals surface area contributed by atoms with Crippen LogP contribution >= 0.6 is 0 Å². The maximum atomic E-state index is 11.3. The number of benzene rings is 1. The summed E-state index contributed by atoms with van der Waals surface area (Å²) in [6, 6.07) is 9.08. The lowest BCUT2D eigenvalue weighted by molar-refractivity contribution is -0.133. The molecule has 0 heterocycles. The normalized spacial score (nSPS) is 13.7. The summed E-state index contributed by atoms with van der Waals surface area (Å²) in [7, 11) is 0. The number of carboxylic acid groups (broad SMARTS) is 1. The first-order chi connectivity index (χ1) is 8.43. The predicted molar refractivity (Wildman–Crippen MR) is 69.0 cm³/mol. The molecule has 1 aromatic carbocycles. The summed E-state index contributed by atoms with van der Waals surface area (Å²) >= 11 is 0. The van der Waals surface area contributed by atoms with Crippen molar-refractivity contribution in [2.24, 2.45) is 5.73 Å². The Bertz CT molecular complexity index is 473. The number of carboxylic acids is 1. The Labute approximate surface area is 106 Å². The number of rotatable bonds is 5. The molecule has 1 atom stereocenters. The fourth-order valence-electron chi connectivity index (χ4n) is 1.95. The lowest BCUT2D eigenvalue weighted by atomic mass is 9.86. The number of ketones is 1. The third-order valence-corrected chi connectivity index (χ3v) is 2.70. The highest BCUT2D eigenvalue weighted by Crippen LogP contribution is 2.29. The first-order valence-corrected chi connectivity index (χ1v) is 5.67. The lowest BCUT2D eigenvalue weighted by Gasteiger charge is -2.18. The topological polar surface area (TPSA) is 80.4 Å². The second-order valence-electron chi connectivity index (χ2n) is 4.27. The Morgan fingerprint density at radius 3 is 2.17 bits per heavy atom. The average Bonchev–Trinajstić information content (AvgIpc) is 2.27. The van der Waals surface area contributed by atoms with E-state index in [1.165, 1.54) is 6.92 Å². The molecule has 4 nitrogen and oxygen atoms in total. The summed E-state index contributed by atoms with van der Waals surface area (Å²) in [6.45, 7) is 2.99. The van der Waals surface area contributed by atoms with Gasteiger partial charge >= 0.3 is 5.97 Å². The Morgan fingerprint density at radius 2 is 1.78 bits per heavy atom. The van der Waals surface area contributed by atoms with E-state index in [-0.39, 0.29) is 23.5 Å². The molecule has 96 valence electrons. The van der Waals surface area contributed by atoms with Gasteiger partial charge in [-0.2, -0.15) is 0 Å². The maximum absolute atomic E-state index is 11.3. The first kappa shape index (κ1) is 14.0. The van der Waals surface area contributed by atoms with Crippen molar-refractivity contribution < 1.29 is 14.7 Å². The van der Waals surface area contributed by atoms with Crippen molar-refractivity contribution in [1.82, 2.24) is 0 Å². The first-order valence-electron chi connectivity index (χ1n) is 5.67. The van der Waals surface area contributed by atoms with Gasteiger partial charge in [-0.3, -0.25) is 4.79 Å². The van der Waals surface area contributed by atoms with Crippen LogP contribution in [-0.2, 0) is 9.59 Å². The zero-order valence-corrected chi connectivity index (χ0v) is 10.5. The summed E-state index contributed by atoms with van der Waals surface area (Å²) in [6.07, 6.45) is 0.139. The van der Waals surface area contributed by atoms with E-state index in [9.17, 15) is 14.7 Å². The number of hydrogen-bond acceptors (Lipinski definition) is 3. The minimum atomic E-state index is -1.08. The predicted octanol–water partition coefficient (Wildman–Crippen LogP) is 2.07. The quantitative estimate of drug-likeness (QED) is 0.780. The summed E-state index contributed by atoms with van der Waals surface area (Å²) in [4.78, 5) is 22.6. The number of allylic oxidation sites excluding steroid dienone is 1. The third-order valence-electron chi connectivity index (χ3n) is 2.70. The second kappa shape index (κ2) is 6.00. The van der Waals surface area contributed by atoms with Crippen LogP contribution in [0.1, 0.15) is 31.7 Å². The van der Waals surface area contributed by atoms with Gasteiger partial charge in [-0.05, 0) is 19.4 Å². The van der Waals surface area contributed by atoms with Crippen LogP contribution in [0.4, 0.5) is 0 Å². The van der Waals surface area contributed by atoms with Crippen molar-refractivity contribution in [2.75, 3.05) is 0 Å². The fraction of sp³-hybridized carbons (Fsp3) is 0.286. The van der Waals surface area contributed by atoms with E-state index in [0.717, 1.165) is 5.56 Å². The Kier molecular flexibility index (Phi) is 4.66. The van der Waals surface area contributed by atoms with Crippen LogP contribution < -0.4 is 5.73 Å². The fourth-order valence-corrected chi connectivity index (χ4v) is 1.95. The molecule has 0 saturated carbocycles. The molecule has 0 saturated heterocycles. The van der Waals surface area contributed by atoms with Gasteiger partial charge in [0.1, 0.15) is 5.78 Å². The van der Waals surface area contributed by atoms with E-state index in [4.69, 9.17) is 5.73 Å². The van der Waals surface area contributed by atoms with E-state index in [0.29, 0.717) is 0 Å². The molecule has 1 unspecified atom stereocenters. The average molecular weight is 247 g/mol. The third kappa shape index (κ3) is 3.45. The van der Waals surface area contributed by atoms with Crippen molar-refractivity contribution in [3.63, 3.8) is 0 Å². The highest BCUT2D eigenvalue weighted by molar-refractivity contribution is 5.91. The van der Waals surface area contributed by atoms with Crippen LogP contribution in [0.25, 0.3) is 0 Å².